The van der Waals surface area contributed by atoms with Gasteiger partial charge in [-0.25, -0.2) is 9.48 Å². The van der Waals surface area contributed by atoms with Crippen molar-refractivity contribution in [3.8, 4) is 11.3 Å². The molecule has 1 N–H and O–H groups in total. The molecule has 10 heteroatoms. The number of hydrogen-bond acceptors (Lipinski definition) is 8. The smallest absolute Gasteiger partial charge is 0.407 e. The summed E-state index contributed by atoms with van der Waals surface area (Å²) in [6, 6.07) is 6.36. The highest BCUT2D eigenvalue weighted by Gasteiger charge is 2.45. The second-order valence-electron chi connectivity index (χ2n) is 11.7. The normalized spacial score (nSPS) is 21.0. The molecule has 3 aliphatic rings. The highest BCUT2D eigenvalue weighted by atomic mass is 16.6. The zero-order valence-corrected chi connectivity index (χ0v) is 22.3. The summed E-state index contributed by atoms with van der Waals surface area (Å²) < 4.78 is 13.0. The van der Waals surface area contributed by atoms with Gasteiger partial charge >= 0.3 is 6.09 Å². The number of alkyl carbamates (subject to hydrolysis) is 1. The number of aromatic nitrogens is 5. The van der Waals surface area contributed by atoms with Gasteiger partial charge in [0.1, 0.15) is 11.3 Å². The Morgan fingerprint density at radius 3 is 2.68 bits per heavy atom. The van der Waals surface area contributed by atoms with Crippen LogP contribution in [0.25, 0.3) is 11.3 Å². The molecule has 1 saturated carbocycles. The molecule has 3 aromatic heterocycles. The third kappa shape index (κ3) is 5.09. The van der Waals surface area contributed by atoms with Crippen LogP contribution in [0, 0.1) is 0 Å². The molecule has 3 aromatic rings. The molecule has 0 radical (unpaired) electrons. The van der Waals surface area contributed by atoms with Gasteiger partial charge in [-0.15, -0.1) is 5.10 Å². The summed E-state index contributed by atoms with van der Waals surface area (Å²) in [6.45, 7) is 8.24. The Labute approximate surface area is 222 Å². The molecule has 0 spiro atoms. The van der Waals surface area contributed by atoms with E-state index in [2.05, 4.69) is 43.7 Å². The van der Waals surface area contributed by atoms with Crippen molar-refractivity contribution in [2.24, 2.45) is 0 Å². The first-order valence-electron chi connectivity index (χ1n) is 13.5. The summed E-state index contributed by atoms with van der Waals surface area (Å²) in [5, 5.41) is 12.0. The van der Waals surface area contributed by atoms with Gasteiger partial charge in [-0.3, -0.25) is 9.97 Å². The molecule has 6 rings (SSSR count). The van der Waals surface area contributed by atoms with Crippen LogP contribution in [0.2, 0.25) is 0 Å². The van der Waals surface area contributed by atoms with E-state index >= 15 is 0 Å². The number of nitrogens with one attached hydrogen (secondary N) is 1. The zero-order valence-electron chi connectivity index (χ0n) is 22.3. The fraction of sp³-hybridized carbons (Fsp3) is 0.536. The zero-order chi connectivity index (χ0) is 26.3. The van der Waals surface area contributed by atoms with Crippen molar-refractivity contribution < 1.29 is 14.3 Å². The van der Waals surface area contributed by atoms with Gasteiger partial charge in [-0.1, -0.05) is 5.21 Å². The van der Waals surface area contributed by atoms with Gasteiger partial charge in [0.25, 0.3) is 0 Å². The number of rotatable bonds is 6. The van der Waals surface area contributed by atoms with E-state index in [4.69, 9.17) is 14.5 Å². The van der Waals surface area contributed by atoms with Crippen molar-refractivity contribution in [3.05, 3.63) is 54.2 Å². The molecule has 1 atom stereocenters. The highest BCUT2D eigenvalue weighted by molar-refractivity contribution is 5.68. The minimum absolute atomic E-state index is 0.0335. The number of amides is 1. The number of carbonyl (C=O) groups excluding carboxylic acids is 1. The van der Waals surface area contributed by atoms with Crippen LogP contribution < -0.4 is 10.2 Å². The van der Waals surface area contributed by atoms with E-state index in [0.717, 1.165) is 48.6 Å². The van der Waals surface area contributed by atoms with Crippen molar-refractivity contribution in [3.63, 3.8) is 0 Å². The molecule has 38 heavy (non-hydrogen) atoms. The van der Waals surface area contributed by atoms with Gasteiger partial charge < -0.3 is 19.7 Å². The van der Waals surface area contributed by atoms with Crippen molar-refractivity contribution >= 4 is 11.8 Å². The van der Waals surface area contributed by atoms with Gasteiger partial charge in [0, 0.05) is 37.1 Å². The number of piperidine rings is 1. The fourth-order valence-electron chi connectivity index (χ4n) is 5.19. The third-order valence-electron chi connectivity index (χ3n) is 7.45. The lowest BCUT2D eigenvalue weighted by Crippen LogP contribution is -2.53. The molecule has 10 nitrogen and oxygen atoms in total. The predicted octanol–water partition coefficient (Wildman–Crippen LogP) is 3.88. The van der Waals surface area contributed by atoms with Crippen LogP contribution in [-0.4, -0.2) is 69.0 Å². The van der Waals surface area contributed by atoms with Crippen molar-refractivity contribution in [2.45, 2.75) is 69.6 Å². The molecule has 2 saturated heterocycles. The van der Waals surface area contributed by atoms with E-state index < -0.39 is 11.1 Å². The van der Waals surface area contributed by atoms with Crippen LogP contribution in [0.5, 0.6) is 0 Å². The van der Waals surface area contributed by atoms with Crippen LogP contribution in [0.15, 0.2) is 43.0 Å². The Morgan fingerprint density at radius 2 is 2.00 bits per heavy atom. The molecule has 0 bridgehead atoms. The highest BCUT2D eigenvalue weighted by Crippen LogP contribution is 2.41. The minimum Gasteiger partial charge on any atom is -0.444 e. The van der Waals surface area contributed by atoms with E-state index in [1.807, 2.05) is 50.2 Å². The molecule has 2 aliphatic heterocycles. The number of nitrogens with zero attached hydrogens (tertiary/aromatic N) is 6. The van der Waals surface area contributed by atoms with Crippen LogP contribution in [0.1, 0.15) is 63.6 Å². The molecular weight excluding hydrogens is 482 g/mol. The maximum atomic E-state index is 12.2. The third-order valence-corrected chi connectivity index (χ3v) is 7.45. The first kappa shape index (κ1) is 24.8. The molecule has 0 aromatic carbocycles. The Kier molecular flexibility index (Phi) is 6.29. The Morgan fingerprint density at radius 1 is 1.16 bits per heavy atom. The largest absolute Gasteiger partial charge is 0.444 e. The standard InChI is InChI=1S/C28H35N7O3/c1-27(2,3)38-26(36)31-22-5-4-10-34(15-22)23-8-9-25(30-14-23)28(17-37-18-28)35-16-24(32-33-35)21-11-20(12-29-13-21)19-6-7-19/h8-9,11-14,16,19,22H,4-7,10,15,17-18H2,1-3H3,(H,31,36)/t22-/m1/s1. The van der Waals surface area contributed by atoms with E-state index in [9.17, 15) is 4.79 Å². The Balaban J connectivity index is 1.15. The minimum atomic E-state index is -0.512. The molecule has 5 heterocycles. The maximum absolute atomic E-state index is 12.2. The first-order chi connectivity index (χ1) is 18.3. The van der Waals surface area contributed by atoms with Crippen molar-refractivity contribution in [1.82, 2.24) is 30.3 Å². The lowest BCUT2D eigenvalue weighted by atomic mass is 9.92. The van der Waals surface area contributed by atoms with Gasteiger partial charge in [-0.2, -0.15) is 0 Å². The number of pyridine rings is 2. The van der Waals surface area contributed by atoms with Crippen LogP contribution in [0.3, 0.4) is 0 Å². The van der Waals surface area contributed by atoms with Crippen molar-refractivity contribution in [2.75, 3.05) is 31.2 Å². The summed E-state index contributed by atoms with van der Waals surface area (Å²) in [5.74, 6) is 0.634. The quantitative estimate of drug-likeness (QED) is 0.525. The van der Waals surface area contributed by atoms with E-state index in [1.54, 1.807) is 0 Å². The number of carbonyl (C=O) groups is 1. The number of hydrogen-bond donors (Lipinski definition) is 1. The second-order valence-corrected chi connectivity index (χ2v) is 11.7. The van der Waals surface area contributed by atoms with Gasteiger partial charge in [-0.05, 0) is 76.1 Å². The molecule has 3 fully saturated rings. The summed E-state index contributed by atoms with van der Waals surface area (Å²) in [5.41, 5.74) is 4.00. The van der Waals surface area contributed by atoms with Crippen LogP contribution in [0.4, 0.5) is 10.5 Å². The van der Waals surface area contributed by atoms with Gasteiger partial charge in [0.2, 0.25) is 0 Å². The van der Waals surface area contributed by atoms with E-state index in [0.29, 0.717) is 19.1 Å². The first-order valence-corrected chi connectivity index (χ1v) is 13.5. The molecule has 200 valence electrons. The number of anilines is 1. The average molecular weight is 518 g/mol. The topological polar surface area (TPSA) is 107 Å². The lowest BCUT2D eigenvalue weighted by molar-refractivity contribution is -0.0851. The van der Waals surface area contributed by atoms with E-state index in [1.165, 1.54) is 18.4 Å². The monoisotopic (exact) mass is 517 g/mol. The van der Waals surface area contributed by atoms with Crippen LogP contribution in [-0.2, 0) is 15.0 Å². The lowest BCUT2D eigenvalue weighted by Gasteiger charge is -2.40. The summed E-state index contributed by atoms with van der Waals surface area (Å²) >= 11 is 0. The van der Waals surface area contributed by atoms with Crippen molar-refractivity contribution in [1.29, 1.82) is 0 Å². The summed E-state index contributed by atoms with van der Waals surface area (Å²) in [7, 11) is 0. The van der Waals surface area contributed by atoms with Crippen LogP contribution >= 0.6 is 0 Å². The summed E-state index contributed by atoms with van der Waals surface area (Å²) in [6.07, 6.45) is 11.7. The van der Waals surface area contributed by atoms with Gasteiger partial charge in [0.15, 0.2) is 5.54 Å². The molecule has 1 amide bonds. The fourth-order valence-corrected chi connectivity index (χ4v) is 5.19. The SMILES string of the molecule is CC(C)(C)OC(=O)N[C@@H]1CCCN(c2ccc(C3(n4cc(-c5cncc(C6CC6)c5)nn4)COC3)nc2)C1. The summed E-state index contributed by atoms with van der Waals surface area (Å²) in [4.78, 5) is 23.8. The molecule has 1 aliphatic carbocycles. The predicted molar refractivity (Wildman–Crippen MR) is 142 cm³/mol. The Bertz CT molecular complexity index is 1290. The second kappa shape index (κ2) is 9.65. The molecular formula is C28H35N7O3. The Hall–Kier alpha value is -3.53. The van der Waals surface area contributed by atoms with Gasteiger partial charge in [0.05, 0.1) is 37.0 Å². The number of ether oxygens (including phenoxy) is 2. The maximum Gasteiger partial charge on any atom is 0.407 e. The van der Waals surface area contributed by atoms with E-state index in [-0.39, 0.29) is 12.1 Å². The average Bonchev–Trinajstić information content (AvgIpc) is 3.60. The molecule has 0 unspecified atom stereocenters.